The van der Waals surface area contributed by atoms with Crippen LogP contribution < -0.4 is 9.47 Å². The second-order valence-electron chi connectivity index (χ2n) is 5.52. The van der Waals surface area contributed by atoms with Crippen LogP contribution in [0, 0.1) is 0 Å². The van der Waals surface area contributed by atoms with Crippen LogP contribution in [0.5, 0.6) is 11.5 Å². The zero-order valence-electron chi connectivity index (χ0n) is 15.0. The number of carbonyl (C=O) groups is 2. The van der Waals surface area contributed by atoms with Crippen molar-refractivity contribution in [2.45, 2.75) is 6.42 Å². The zero-order chi connectivity index (χ0) is 21.2. The number of carbonyl (C=O) groups excluding carboxylic acids is 2. The number of hydrogen-bond acceptors (Lipinski definition) is 6. The van der Waals surface area contributed by atoms with Gasteiger partial charge in [0.2, 0.25) is 0 Å². The molecule has 0 saturated heterocycles. The SMILES string of the molecule is O=C(COc1ccc(Cl)cc1Cl)OCCCOC(=O)COc1ccc(Cl)cc1Cl. The summed E-state index contributed by atoms with van der Waals surface area (Å²) in [7, 11) is 0. The Bertz CT molecular complexity index is 789. The van der Waals surface area contributed by atoms with Crippen LogP contribution in [0.3, 0.4) is 0 Å². The summed E-state index contributed by atoms with van der Waals surface area (Å²) in [4.78, 5) is 23.3. The van der Waals surface area contributed by atoms with E-state index in [1.165, 1.54) is 12.1 Å². The highest BCUT2D eigenvalue weighted by Crippen LogP contribution is 2.28. The Kier molecular flexibility index (Phi) is 9.67. The highest BCUT2D eigenvalue weighted by molar-refractivity contribution is 6.36. The van der Waals surface area contributed by atoms with Gasteiger partial charge in [-0.15, -0.1) is 0 Å². The number of rotatable bonds is 10. The largest absolute Gasteiger partial charge is 0.480 e. The summed E-state index contributed by atoms with van der Waals surface area (Å²) in [6, 6.07) is 9.29. The zero-order valence-corrected chi connectivity index (χ0v) is 18.0. The minimum absolute atomic E-state index is 0.0632. The highest BCUT2D eigenvalue weighted by atomic mass is 35.5. The number of benzene rings is 2. The van der Waals surface area contributed by atoms with E-state index in [1.54, 1.807) is 24.3 Å². The van der Waals surface area contributed by atoms with Crippen molar-refractivity contribution in [2.75, 3.05) is 26.4 Å². The van der Waals surface area contributed by atoms with Crippen LogP contribution in [-0.2, 0) is 19.1 Å². The van der Waals surface area contributed by atoms with Gasteiger partial charge in [0.1, 0.15) is 11.5 Å². The van der Waals surface area contributed by atoms with Crippen molar-refractivity contribution in [3.05, 3.63) is 56.5 Å². The fraction of sp³-hybridized carbons (Fsp3) is 0.263. The summed E-state index contributed by atoms with van der Waals surface area (Å²) >= 11 is 23.4. The van der Waals surface area contributed by atoms with Crippen molar-refractivity contribution in [2.24, 2.45) is 0 Å². The van der Waals surface area contributed by atoms with E-state index in [2.05, 4.69) is 0 Å². The van der Waals surface area contributed by atoms with Gasteiger partial charge in [0.05, 0.1) is 23.3 Å². The molecular formula is C19H16Cl4O6. The van der Waals surface area contributed by atoms with Crippen LogP contribution in [0.2, 0.25) is 20.1 Å². The van der Waals surface area contributed by atoms with E-state index in [-0.39, 0.29) is 26.4 Å². The van der Waals surface area contributed by atoms with Crippen molar-refractivity contribution in [1.82, 2.24) is 0 Å². The van der Waals surface area contributed by atoms with Crippen molar-refractivity contribution in [3.63, 3.8) is 0 Å². The summed E-state index contributed by atoms with van der Waals surface area (Å²) in [6.45, 7) is -0.491. The summed E-state index contributed by atoms with van der Waals surface area (Å²) in [5.74, 6) is -0.517. The minimum Gasteiger partial charge on any atom is -0.480 e. The lowest BCUT2D eigenvalue weighted by molar-refractivity contribution is -0.148. The molecule has 2 aromatic rings. The predicted molar refractivity (Wildman–Crippen MR) is 110 cm³/mol. The smallest absolute Gasteiger partial charge is 0.344 e. The van der Waals surface area contributed by atoms with Crippen molar-refractivity contribution >= 4 is 58.3 Å². The molecular weight excluding hydrogens is 466 g/mol. The van der Waals surface area contributed by atoms with E-state index >= 15 is 0 Å². The fourth-order valence-corrected chi connectivity index (χ4v) is 2.90. The van der Waals surface area contributed by atoms with Crippen molar-refractivity contribution in [3.8, 4) is 11.5 Å². The molecule has 0 unspecified atom stereocenters. The third-order valence-corrected chi connectivity index (χ3v) is 4.35. The quantitative estimate of drug-likeness (QED) is 0.341. The molecule has 0 N–H and O–H groups in total. The maximum atomic E-state index is 11.6. The second kappa shape index (κ2) is 12.0. The molecule has 0 bridgehead atoms. The van der Waals surface area contributed by atoms with Gasteiger partial charge in [-0.1, -0.05) is 46.4 Å². The summed E-state index contributed by atoms with van der Waals surface area (Å²) in [5, 5.41) is 1.50. The van der Waals surface area contributed by atoms with E-state index < -0.39 is 11.9 Å². The first-order valence-electron chi connectivity index (χ1n) is 8.32. The topological polar surface area (TPSA) is 71.1 Å². The van der Waals surface area contributed by atoms with Gasteiger partial charge in [-0.3, -0.25) is 0 Å². The molecule has 0 saturated carbocycles. The molecule has 0 aliphatic rings. The monoisotopic (exact) mass is 480 g/mol. The van der Waals surface area contributed by atoms with Gasteiger partial charge in [0.15, 0.2) is 13.2 Å². The van der Waals surface area contributed by atoms with Crippen LogP contribution in [0.4, 0.5) is 0 Å². The van der Waals surface area contributed by atoms with Crippen molar-refractivity contribution in [1.29, 1.82) is 0 Å². The normalized spacial score (nSPS) is 10.3. The van der Waals surface area contributed by atoms with Gasteiger partial charge in [0.25, 0.3) is 0 Å². The lowest BCUT2D eigenvalue weighted by Crippen LogP contribution is -2.18. The first-order valence-corrected chi connectivity index (χ1v) is 9.83. The Morgan fingerprint density at radius 2 is 1.10 bits per heavy atom. The molecule has 2 aromatic carbocycles. The van der Waals surface area contributed by atoms with Crippen LogP contribution in [0.15, 0.2) is 36.4 Å². The van der Waals surface area contributed by atoms with Crippen LogP contribution in [-0.4, -0.2) is 38.4 Å². The fourth-order valence-electron chi connectivity index (χ4n) is 1.97. The van der Waals surface area contributed by atoms with Crippen molar-refractivity contribution < 1.29 is 28.5 Å². The summed E-state index contributed by atoms with van der Waals surface area (Å²) < 4.78 is 20.5. The third-order valence-electron chi connectivity index (χ3n) is 3.29. The molecule has 2 rings (SSSR count). The number of esters is 2. The van der Waals surface area contributed by atoms with E-state index in [0.717, 1.165) is 0 Å². The molecule has 0 amide bonds. The Morgan fingerprint density at radius 3 is 1.48 bits per heavy atom. The highest BCUT2D eigenvalue weighted by Gasteiger charge is 2.09. The van der Waals surface area contributed by atoms with E-state index in [4.69, 9.17) is 65.4 Å². The number of hydrogen-bond donors (Lipinski definition) is 0. The Morgan fingerprint density at radius 1 is 0.690 bits per heavy atom. The maximum absolute atomic E-state index is 11.6. The molecule has 0 aliphatic carbocycles. The molecule has 0 aromatic heterocycles. The molecule has 0 radical (unpaired) electrons. The molecule has 0 heterocycles. The standard InChI is InChI=1S/C19H16Cl4O6/c20-12-2-4-16(14(22)8-12)28-10-18(24)26-6-1-7-27-19(25)11-29-17-5-3-13(21)9-15(17)23/h2-5,8-9H,1,6-7,10-11H2. The van der Waals surface area contributed by atoms with Gasteiger partial charge in [-0.25, -0.2) is 9.59 Å². The molecule has 0 spiro atoms. The van der Waals surface area contributed by atoms with Crippen LogP contribution in [0.25, 0.3) is 0 Å². The van der Waals surface area contributed by atoms with E-state index in [1.807, 2.05) is 0 Å². The predicted octanol–water partition coefficient (Wildman–Crippen LogP) is 5.23. The van der Waals surface area contributed by atoms with Gasteiger partial charge in [0, 0.05) is 16.5 Å². The van der Waals surface area contributed by atoms with Crippen LogP contribution >= 0.6 is 46.4 Å². The van der Waals surface area contributed by atoms with E-state index in [9.17, 15) is 9.59 Å². The Hall–Kier alpha value is -1.86. The lowest BCUT2D eigenvalue weighted by atomic mass is 10.3. The maximum Gasteiger partial charge on any atom is 0.344 e. The third kappa shape index (κ3) is 8.58. The Labute approximate surface area is 187 Å². The average Bonchev–Trinajstić information content (AvgIpc) is 2.66. The number of halogens is 4. The van der Waals surface area contributed by atoms with Gasteiger partial charge in [-0.05, 0) is 36.4 Å². The molecule has 0 atom stereocenters. The molecule has 6 nitrogen and oxygen atoms in total. The molecule has 10 heteroatoms. The summed E-state index contributed by atoms with van der Waals surface area (Å²) in [5.41, 5.74) is 0. The van der Waals surface area contributed by atoms with E-state index in [0.29, 0.717) is 38.0 Å². The number of ether oxygens (including phenoxy) is 4. The lowest BCUT2D eigenvalue weighted by Gasteiger charge is -2.10. The minimum atomic E-state index is -0.581. The molecule has 0 fully saturated rings. The van der Waals surface area contributed by atoms with Gasteiger partial charge < -0.3 is 18.9 Å². The van der Waals surface area contributed by atoms with Crippen LogP contribution in [0.1, 0.15) is 6.42 Å². The first kappa shape index (κ1) is 23.4. The van der Waals surface area contributed by atoms with Gasteiger partial charge >= 0.3 is 11.9 Å². The molecule has 156 valence electrons. The molecule has 0 aliphatic heterocycles. The second-order valence-corrected chi connectivity index (χ2v) is 7.21. The first-order chi connectivity index (χ1) is 13.8. The Balaban J connectivity index is 1.56. The average molecular weight is 482 g/mol. The van der Waals surface area contributed by atoms with Gasteiger partial charge in [-0.2, -0.15) is 0 Å². The molecule has 29 heavy (non-hydrogen) atoms. The summed E-state index contributed by atoms with van der Waals surface area (Å²) in [6.07, 6.45) is 0.320.